The van der Waals surface area contributed by atoms with Gasteiger partial charge in [-0.25, -0.2) is 4.39 Å². The van der Waals surface area contributed by atoms with Crippen LogP contribution in [0.15, 0.2) is 54.6 Å². The van der Waals surface area contributed by atoms with Gasteiger partial charge in [0.25, 0.3) is 0 Å². The molecular formula is C23H25FN3OPS. The van der Waals surface area contributed by atoms with Crippen molar-refractivity contribution in [3.8, 4) is 11.1 Å². The van der Waals surface area contributed by atoms with E-state index in [1.807, 2.05) is 36.2 Å². The monoisotopic (exact) mass is 441 g/mol. The summed E-state index contributed by atoms with van der Waals surface area (Å²) in [4.78, 5) is 15.4. The van der Waals surface area contributed by atoms with E-state index in [2.05, 4.69) is 38.4 Å². The third-order valence-corrected chi connectivity index (χ3v) is 6.75. The van der Waals surface area contributed by atoms with Crippen molar-refractivity contribution in [2.75, 3.05) is 6.54 Å². The Labute approximate surface area is 182 Å². The van der Waals surface area contributed by atoms with Crippen LogP contribution in [0.4, 0.5) is 4.39 Å². The second kappa shape index (κ2) is 8.09. The quantitative estimate of drug-likeness (QED) is 0.398. The van der Waals surface area contributed by atoms with Crippen LogP contribution in [-0.2, 0) is 23.3 Å². The average molecular weight is 442 g/mol. The Morgan fingerprint density at radius 1 is 1.37 bits per heavy atom. The number of nitrogens with zero attached hydrogens (tertiary/aromatic N) is 3. The van der Waals surface area contributed by atoms with Gasteiger partial charge in [-0.2, -0.15) is 5.10 Å². The van der Waals surface area contributed by atoms with Gasteiger partial charge in [-0.05, 0) is 48.1 Å². The average Bonchev–Trinajstić information content (AvgIpc) is 3.39. The molecule has 3 aromatic rings. The van der Waals surface area contributed by atoms with Crippen LogP contribution in [0.25, 0.3) is 11.1 Å². The first-order valence-electron chi connectivity index (χ1n) is 9.96. The number of halogens is 1. The number of thiophene rings is 1. The van der Waals surface area contributed by atoms with E-state index in [1.165, 1.54) is 23.4 Å². The zero-order valence-corrected chi connectivity index (χ0v) is 19.1. The maximum atomic E-state index is 15.0. The molecule has 0 saturated carbocycles. The lowest BCUT2D eigenvalue weighted by molar-refractivity contribution is -0.127. The summed E-state index contributed by atoms with van der Waals surface area (Å²) in [5, 5.41) is 4.93. The van der Waals surface area contributed by atoms with E-state index in [4.69, 9.17) is 0 Å². The number of carbonyl (C=O) groups excluding carboxylic acids is 1. The molecule has 0 fully saturated rings. The highest BCUT2D eigenvalue weighted by molar-refractivity contribution is 7.18. The number of aromatic nitrogens is 2. The minimum absolute atomic E-state index is 0.00769. The van der Waals surface area contributed by atoms with Gasteiger partial charge in [-0.1, -0.05) is 40.1 Å². The maximum absolute atomic E-state index is 15.0. The summed E-state index contributed by atoms with van der Waals surface area (Å²) in [6.45, 7) is 8.98. The lowest BCUT2D eigenvalue weighted by atomic mass is 9.83. The molecule has 0 spiro atoms. The van der Waals surface area contributed by atoms with Crippen molar-refractivity contribution < 1.29 is 9.18 Å². The van der Waals surface area contributed by atoms with Crippen LogP contribution in [0, 0.1) is 0 Å². The molecule has 4 rings (SSSR count). The number of carbonyl (C=O) groups is 1. The van der Waals surface area contributed by atoms with Gasteiger partial charge in [0.15, 0.2) is 5.41 Å². The first-order chi connectivity index (χ1) is 14.3. The number of alkyl halides is 1. The molecule has 1 aliphatic heterocycles. The summed E-state index contributed by atoms with van der Waals surface area (Å²) >= 11 is 1.66. The van der Waals surface area contributed by atoms with Crippen LogP contribution in [-0.4, -0.2) is 27.1 Å². The van der Waals surface area contributed by atoms with Gasteiger partial charge in [0, 0.05) is 35.6 Å². The highest BCUT2D eigenvalue weighted by Crippen LogP contribution is 2.44. The summed E-state index contributed by atoms with van der Waals surface area (Å²) in [5.41, 5.74) is 4.45. The number of aryl methyl sites for hydroxylation is 1. The molecule has 4 nitrogen and oxygen atoms in total. The molecule has 0 radical (unpaired) electrons. The van der Waals surface area contributed by atoms with Gasteiger partial charge >= 0.3 is 0 Å². The molecule has 156 valence electrons. The molecule has 0 N–H and O–H groups in total. The van der Waals surface area contributed by atoms with Gasteiger partial charge in [-0.3, -0.25) is 9.48 Å². The summed E-state index contributed by atoms with van der Waals surface area (Å²) in [6.07, 6.45) is 3.29. The van der Waals surface area contributed by atoms with Crippen molar-refractivity contribution in [1.82, 2.24) is 14.7 Å². The summed E-state index contributed by atoms with van der Waals surface area (Å²) in [6, 6.07) is 10.2. The number of amides is 1. The number of hydrogen-bond donors (Lipinski definition) is 0. The van der Waals surface area contributed by atoms with E-state index in [9.17, 15) is 4.79 Å². The lowest BCUT2D eigenvalue weighted by Gasteiger charge is -2.33. The fourth-order valence-corrected chi connectivity index (χ4v) is 5.27. The van der Waals surface area contributed by atoms with Gasteiger partial charge in [0.1, 0.15) is 5.69 Å². The predicted octanol–water partition coefficient (Wildman–Crippen LogP) is 5.31. The number of benzene rings is 1. The molecule has 0 aliphatic carbocycles. The van der Waals surface area contributed by atoms with E-state index in [1.54, 1.807) is 16.0 Å². The Morgan fingerprint density at radius 3 is 2.83 bits per heavy atom. The molecule has 0 bridgehead atoms. The standard InChI is InChI=1S/C23H25FN3OPS/c1-4-21(28)26-12-18(17-10-11-30-20(17)14-26)15-8-6-7-9-16(15)19-13-27(5-2)25-22(19)23(3,24)29/h4,6-11,13,18H,1,5,12,14,29H2,2-3H3. The Balaban J connectivity index is 1.87. The van der Waals surface area contributed by atoms with E-state index in [-0.39, 0.29) is 11.8 Å². The normalized spacial score (nSPS) is 18.0. The van der Waals surface area contributed by atoms with Crippen LogP contribution in [0.5, 0.6) is 0 Å². The second-order valence-electron chi connectivity index (χ2n) is 7.68. The van der Waals surface area contributed by atoms with Crippen LogP contribution in [0.1, 0.15) is 41.5 Å². The van der Waals surface area contributed by atoms with Crippen molar-refractivity contribution in [1.29, 1.82) is 0 Å². The van der Waals surface area contributed by atoms with Crippen LogP contribution < -0.4 is 0 Å². The van der Waals surface area contributed by atoms with E-state index in [0.717, 1.165) is 16.7 Å². The molecule has 3 atom stereocenters. The fraction of sp³-hybridized carbons (Fsp3) is 0.304. The van der Waals surface area contributed by atoms with Crippen LogP contribution >= 0.6 is 20.6 Å². The molecule has 1 aromatic carbocycles. The Hall–Kier alpha value is -2.30. The minimum atomic E-state index is -1.65. The fourth-order valence-electron chi connectivity index (χ4n) is 4.10. The first-order valence-corrected chi connectivity index (χ1v) is 11.4. The number of hydrogen-bond acceptors (Lipinski definition) is 3. The van der Waals surface area contributed by atoms with Gasteiger partial charge in [0.2, 0.25) is 5.91 Å². The number of fused-ring (bicyclic) bond motifs is 1. The Morgan fingerprint density at radius 2 is 2.13 bits per heavy atom. The van der Waals surface area contributed by atoms with Crippen LogP contribution in [0.3, 0.4) is 0 Å². The zero-order valence-electron chi connectivity index (χ0n) is 17.1. The second-order valence-corrected chi connectivity index (χ2v) is 9.77. The Bertz CT molecular complexity index is 1100. The summed E-state index contributed by atoms with van der Waals surface area (Å²) in [5.74, 6) is -0.0642. The smallest absolute Gasteiger partial charge is 0.246 e. The molecular weight excluding hydrogens is 416 g/mol. The van der Waals surface area contributed by atoms with E-state index < -0.39 is 5.41 Å². The SMILES string of the molecule is C=CC(=O)N1Cc2sccc2C(c2ccccc2-c2cn(CC)nc2C(C)(F)P)C1. The van der Waals surface area contributed by atoms with E-state index in [0.29, 0.717) is 25.3 Å². The maximum Gasteiger partial charge on any atom is 0.246 e. The molecule has 7 heteroatoms. The highest BCUT2D eigenvalue weighted by atomic mass is 32.1. The highest BCUT2D eigenvalue weighted by Gasteiger charge is 2.33. The largest absolute Gasteiger partial charge is 0.333 e. The van der Waals surface area contributed by atoms with Gasteiger partial charge in [-0.15, -0.1) is 11.3 Å². The molecule has 3 heterocycles. The van der Waals surface area contributed by atoms with Crippen molar-refractivity contribution >= 4 is 26.5 Å². The van der Waals surface area contributed by atoms with E-state index >= 15 is 4.39 Å². The molecule has 0 saturated heterocycles. The van der Waals surface area contributed by atoms with Crippen LogP contribution in [0.2, 0.25) is 0 Å². The zero-order chi connectivity index (χ0) is 21.5. The molecule has 30 heavy (non-hydrogen) atoms. The lowest BCUT2D eigenvalue weighted by Crippen LogP contribution is -2.37. The van der Waals surface area contributed by atoms with Crippen molar-refractivity contribution in [3.05, 3.63) is 76.3 Å². The Kier molecular flexibility index (Phi) is 5.65. The third kappa shape index (κ3) is 3.75. The summed E-state index contributed by atoms with van der Waals surface area (Å²) in [7, 11) is 2.26. The third-order valence-electron chi connectivity index (χ3n) is 5.55. The minimum Gasteiger partial charge on any atom is -0.333 e. The molecule has 3 unspecified atom stereocenters. The molecule has 2 aromatic heterocycles. The predicted molar refractivity (Wildman–Crippen MR) is 123 cm³/mol. The van der Waals surface area contributed by atoms with Crippen molar-refractivity contribution in [3.63, 3.8) is 0 Å². The summed E-state index contributed by atoms with van der Waals surface area (Å²) < 4.78 is 16.8. The number of rotatable bonds is 5. The van der Waals surface area contributed by atoms with Gasteiger partial charge < -0.3 is 4.90 Å². The molecule has 1 amide bonds. The first kappa shape index (κ1) is 21.0. The van der Waals surface area contributed by atoms with Gasteiger partial charge in [0.05, 0.1) is 6.54 Å². The topological polar surface area (TPSA) is 38.1 Å². The molecule has 1 aliphatic rings. The van der Waals surface area contributed by atoms with Crippen molar-refractivity contribution in [2.45, 2.75) is 38.3 Å². The van der Waals surface area contributed by atoms with Crippen molar-refractivity contribution in [2.24, 2.45) is 0 Å².